The van der Waals surface area contributed by atoms with Crippen molar-refractivity contribution in [2.45, 2.75) is 24.9 Å². The van der Waals surface area contributed by atoms with Crippen LogP contribution in [0.15, 0.2) is 46.4 Å². The molecule has 0 aliphatic heterocycles. The van der Waals surface area contributed by atoms with Gasteiger partial charge in [0, 0.05) is 32.5 Å². The second-order valence-electron chi connectivity index (χ2n) is 6.14. The summed E-state index contributed by atoms with van der Waals surface area (Å²) in [4.78, 5) is 6.91. The Morgan fingerprint density at radius 1 is 1.30 bits per heavy atom. The van der Waals surface area contributed by atoms with Gasteiger partial charge in [0.05, 0.1) is 23.0 Å². The van der Waals surface area contributed by atoms with E-state index in [0.717, 1.165) is 23.8 Å². The van der Waals surface area contributed by atoms with Gasteiger partial charge < -0.3 is 14.8 Å². The standard InChI is InChI=1S/C18H26ClN5O2S/c1-5-21-18(24(4)13-16-10-15(19)12-23(16)3)22-11-14-6-8-17(9-7-14)27(25,26)20-2/h6-10,12,20H,5,11,13H2,1-4H3,(H,21,22). The Balaban J connectivity index is 2.11. The highest BCUT2D eigenvalue weighted by Crippen LogP contribution is 2.15. The number of guanidine groups is 1. The molecule has 148 valence electrons. The van der Waals surface area contributed by atoms with Crippen molar-refractivity contribution in [2.24, 2.45) is 12.0 Å². The zero-order chi connectivity index (χ0) is 20.0. The van der Waals surface area contributed by atoms with Crippen molar-refractivity contribution in [1.29, 1.82) is 0 Å². The fourth-order valence-electron chi connectivity index (χ4n) is 2.57. The van der Waals surface area contributed by atoms with Crippen LogP contribution < -0.4 is 10.0 Å². The Kier molecular flexibility index (Phi) is 7.29. The summed E-state index contributed by atoms with van der Waals surface area (Å²) in [5.74, 6) is 0.766. The fraction of sp³-hybridized carbons (Fsp3) is 0.389. The lowest BCUT2D eigenvalue weighted by Crippen LogP contribution is -2.38. The number of benzene rings is 1. The lowest BCUT2D eigenvalue weighted by Gasteiger charge is -2.22. The van der Waals surface area contributed by atoms with Crippen LogP contribution in [0.5, 0.6) is 0 Å². The molecule has 9 heteroatoms. The molecule has 0 fully saturated rings. The molecular formula is C18H26ClN5O2S. The number of halogens is 1. The van der Waals surface area contributed by atoms with E-state index in [1.807, 2.05) is 42.7 Å². The highest BCUT2D eigenvalue weighted by atomic mass is 35.5. The molecule has 0 unspecified atom stereocenters. The number of nitrogens with zero attached hydrogens (tertiary/aromatic N) is 3. The third-order valence-electron chi connectivity index (χ3n) is 4.08. The maximum atomic E-state index is 11.8. The Bertz CT molecular complexity index is 891. The van der Waals surface area contributed by atoms with Crippen LogP contribution in [0.25, 0.3) is 0 Å². The van der Waals surface area contributed by atoms with Crippen molar-refractivity contribution >= 4 is 27.6 Å². The van der Waals surface area contributed by atoms with Crippen LogP contribution in [-0.4, -0.2) is 44.5 Å². The lowest BCUT2D eigenvalue weighted by molar-refractivity contribution is 0.462. The van der Waals surface area contributed by atoms with Crippen LogP contribution in [0.4, 0.5) is 0 Å². The predicted octanol–water partition coefficient (Wildman–Crippen LogP) is 2.18. The predicted molar refractivity (Wildman–Crippen MR) is 109 cm³/mol. The fourth-order valence-corrected chi connectivity index (χ4v) is 3.57. The molecule has 2 rings (SSSR count). The summed E-state index contributed by atoms with van der Waals surface area (Å²) in [7, 11) is 1.89. The van der Waals surface area contributed by atoms with Crippen LogP contribution in [0.1, 0.15) is 18.2 Å². The Labute approximate surface area is 166 Å². The Morgan fingerprint density at radius 2 is 1.96 bits per heavy atom. The van der Waals surface area contributed by atoms with Gasteiger partial charge in [-0.3, -0.25) is 0 Å². The molecule has 0 radical (unpaired) electrons. The van der Waals surface area contributed by atoms with E-state index < -0.39 is 10.0 Å². The summed E-state index contributed by atoms with van der Waals surface area (Å²) in [6.07, 6.45) is 1.87. The normalized spacial score (nSPS) is 12.3. The number of aliphatic imine (C=N–C) groups is 1. The second kappa shape index (κ2) is 9.25. The second-order valence-corrected chi connectivity index (χ2v) is 8.46. The smallest absolute Gasteiger partial charge is 0.240 e. The van der Waals surface area contributed by atoms with E-state index in [4.69, 9.17) is 11.6 Å². The number of aromatic nitrogens is 1. The molecule has 0 aliphatic carbocycles. The van der Waals surface area contributed by atoms with Crippen molar-refractivity contribution in [2.75, 3.05) is 20.6 Å². The number of rotatable bonds is 7. The van der Waals surface area contributed by atoms with Gasteiger partial charge in [0.15, 0.2) is 5.96 Å². The van der Waals surface area contributed by atoms with Crippen molar-refractivity contribution < 1.29 is 8.42 Å². The first-order chi connectivity index (χ1) is 12.8. The largest absolute Gasteiger partial charge is 0.357 e. The molecule has 0 saturated heterocycles. The van der Waals surface area contributed by atoms with Crippen molar-refractivity contribution in [1.82, 2.24) is 19.5 Å². The quantitative estimate of drug-likeness (QED) is 0.540. The molecule has 2 N–H and O–H groups in total. The van der Waals surface area contributed by atoms with E-state index in [-0.39, 0.29) is 4.90 Å². The average molecular weight is 412 g/mol. The molecule has 0 saturated carbocycles. The summed E-state index contributed by atoms with van der Waals surface area (Å²) in [5, 5.41) is 3.98. The molecule has 0 atom stereocenters. The van der Waals surface area contributed by atoms with E-state index in [1.54, 1.807) is 24.3 Å². The van der Waals surface area contributed by atoms with Crippen molar-refractivity contribution in [3.8, 4) is 0 Å². The molecule has 0 aliphatic rings. The van der Waals surface area contributed by atoms with Crippen molar-refractivity contribution in [3.05, 3.63) is 52.8 Å². The summed E-state index contributed by atoms with van der Waals surface area (Å²) >= 11 is 6.05. The van der Waals surface area contributed by atoms with Gasteiger partial charge in [0.1, 0.15) is 0 Å². The van der Waals surface area contributed by atoms with E-state index in [9.17, 15) is 8.42 Å². The van der Waals surface area contributed by atoms with Crippen molar-refractivity contribution in [3.63, 3.8) is 0 Å². The topological polar surface area (TPSA) is 78.7 Å². The highest BCUT2D eigenvalue weighted by molar-refractivity contribution is 7.89. The third kappa shape index (κ3) is 5.72. The first-order valence-corrected chi connectivity index (χ1v) is 10.5. The van der Waals surface area contributed by atoms with Gasteiger partial charge in [0.2, 0.25) is 10.0 Å². The van der Waals surface area contributed by atoms with Crippen LogP contribution in [0.3, 0.4) is 0 Å². The van der Waals surface area contributed by atoms with Gasteiger partial charge in [-0.2, -0.15) is 0 Å². The monoisotopic (exact) mass is 411 g/mol. The molecule has 0 amide bonds. The van der Waals surface area contributed by atoms with Crippen LogP contribution in [0, 0.1) is 0 Å². The lowest BCUT2D eigenvalue weighted by atomic mass is 10.2. The van der Waals surface area contributed by atoms with E-state index in [0.29, 0.717) is 18.1 Å². The molecule has 7 nitrogen and oxygen atoms in total. The average Bonchev–Trinajstić information content (AvgIpc) is 2.95. The zero-order valence-corrected chi connectivity index (χ0v) is 17.6. The van der Waals surface area contributed by atoms with Gasteiger partial charge >= 0.3 is 0 Å². The van der Waals surface area contributed by atoms with Gasteiger partial charge in [-0.05, 0) is 37.7 Å². The van der Waals surface area contributed by atoms with E-state index in [2.05, 4.69) is 15.0 Å². The summed E-state index contributed by atoms with van der Waals surface area (Å²) < 4.78 is 27.9. The summed E-state index contributed by atoms with van der Waals surface area (Å²) in [6.45, 7) is 3.87. The van der Waals surface area contributed by atoms with Gasteiger partial charge in [-0.15, -0.1) is 0 Å². The molecule has 0 bridgehead atoms. The Morgan fingerprint density at radius 3 is 2.48 bits per heavy atom. The number of hydrogen-bond acceptors (Lipinski definition) is 3. The van der Waals surface area contributed by atoms with E-state index >= 15 is 0 Å². The highest BCUT2D eigenvalue weighted by Gasteiger charge is 2.11. The first-order valence-electron chi connectivity index (χ1n) is 8.59. The maximum absolute atomic E-state index is 11.8. The summed E-state index contributed by atoms with van der Waals surface area (Å²) in [5.41, 5.74) is 2.01. The SMILES string of the molecule is CCNC(=NCc1ccc(S(=O)(=O)NC)cc1)N(C)Cc1cc(Cl)cn1C. The molecule has 2 aromatic rings. The number of nitrogens with one attached hydrogen (secondary N) is 2. The minimum absolute atomic E-state index is 0.238. The third-order valence-corrected chi connectivity index (χ3v) is 5.72. The molecule has 27 heavy (non-hydrogen) atoms. The molecule has 1 aromatic heterocycles. The van der Waals surface area contributed by atoms with E-state index in [1.165, 1.54) is 7.05 Å². The maximum Gasteiger partial charge on any atom is 0.240 e. The molecular weight excluding hydrogens is 386 g/mol. The zero-order valence-electron chi connectivity index (χ0n) is 16.0. The van der Waals surface area contributed by atoms with Gasteiger partial charge in [0.25, 0.3) is 0 Å². The van der Waals surface area contributed by atoms with Gasteiger partial charge in [-0.1, -0.05) is 23.7 Å². The number of sulfonamides is 1. The van der Waals surface area contributed by atoms with Gasteiger partial charge in [-0.25, -0.2) is 18.1 Å². The van der Waals surface area contributed by atoms with Crippen LogP contribution in [-0.2, 0) is 30.2 Å². The number of hydrogen-bond donors (Lipinski definition) is 2. The minimum Gasteiger partial charge on any atom is -0.357 e. The Hall–Kier alpha value is -2.03. The molecule has 1 heterocycles. The van der Waals surface area contributed by atoms with Crippen LogP contribution in [0.2, 0.25) is 5.02 Å². The molecule has 0 spiro atoms. The minimum atomic E-state index is -3.42. The molecule has 1 aromatic carbocycles. The van der Waals surface area contributed by atoms with Crippen LogP contribution >= 0.6 is 11.6 Å². The first kappa shape index (κ1) is 21.3. The number of aryl methyl sites for hydroxylation is 1. The summed E-state index contributed by atoms with van der Waals surface area (Å²) in [6, 6.07) is 8.64.